The van der Waals surface area contributed by atoms with E-state index in [-0.39, 0.29) is 17.3 Å². The van der Waals surface area contributed by atoms with Crippen molar-refractivity contribution in [2.45, 2.75) is 39.2 Å². The van der Waals surface area contributed by atoms with E-state index in [9.17, 15) is 18.8 Å². The Labute approximate surface area is 184 Å². The summed E-state index contributed by atoms with van der Waals surface area (Å²) in [6.07, 6.45) is 1.26. The number of nitrogens with zero attached hydrogens (tertiary/aromatic N) is 2. The fourth-order valence-electron chi connectivity index (χ4n) is 3.70. The molecule has 0 saturated carbocycles. The van der Waals surface area contributed by atoms with Gasteiger partial charge >= 0.3 is 5.97 Å². The van der Waals surface area contributed by atoms with E-state index in [1.165, 1.54) is 26.0 Å². The van der Waals surface area contributed by atoms with Crippen LogP contribution in [0.2, 0.25) is 0 Å². The monoisotopic (exact) mass is 435 g/mol. The molecule has 32 heavy (non-hydrogen) atoms. The van der Waals surface area contributed by atoms with Crippen LogP contribution in [-0.4, -0.2) is 33.5 Å². The molecule has 1 aliphatic rings. The summed E-state index contributed by atoms with van der Waals surface area (Å²) in [5.41, 5.74) is 3.55. The molecule has 1 amide bonds. The lowest BCUT2D eigenvalue weighted by molar-refractivity contribution is -0.123. The van der Waals surface area contributed by atoms with E-state index in [1.807, 2.05) is 0 Å². The second-order valence-electron chi connectivity index (χ2n) is 7.69. The van der Waals surface area contributed by atoms with Gasteiger partial charge in [-0.3, -0.25) is 9.59 Å². The van der Waals surface area contributed by atoms with Crippen LogP contribution in [0.5, 0.6) is 0 Å². The van der Waals surface area contributed by atoms with Gasteiger partial charge in [-0.15, -0.1) is 0 Å². The lowest BCUT2D eigenvalue weighted by atomic mass is 10.1. The van der Waals surface area contributed by atoms with E-state index in [0.29, 0.717) is 23.4 Å². The van der Waals surface area contributed by atoms with Crippen molar-refractivity contribution >= 4 is 23.3 Å². The van der Waals surface area contributed by atoms with Crippen molar-refractivity contribution in [3.8, 4) is 5.69 Å². The summed E-state index contributed by atoms with van der Waals surface area (Å²) in [7, 11) is 0. The van der Waals surface area contributed by atoms with Crippen LogP contribution in [-0.2, 0) is 22.4 Å². The first-order chi connectivity index (χ1) is 15.3. The number of rotatable bonds is 6. The molecule has 0 saturated heterocycles. The standard InChI is InChI=1S/C24H22FN3O4/c1-14(29)16-6-10-18(11-7-16)26-23(30)15(2)32-24(31)22-20-4-3-5-21(20)28(27-22)19-12-8-17(25)9-13-19/h6-13,15H,3-5H2,1-2H3,(H,26,30). The average Bonchev–Trinajstić information content (AvgIpc) is 3.37. The lowest BCUT2D eigenvalue weighted by Gasteiger charge is -2.13. The van der Waals surface area contributed by atoms with Gasteiger partial charge in [0.25, 0.3) is 5.91 Å². The number of hydrogen-bond acceptors (Lipinski definition) is 5. The number of amides is 1. The fraction of sp³-hybridized carbons (Fsp3) is 0.250. The number of aromatic nitrogens is 2. The van der Waals surface area contributed by atoms with Gasteiger partial charge in [0, 0.05) is 22.5 Å². The van der Waals surface area contributed by atoms with Crippen LogP contribution in [0.3, 0.4) is 0 Å². The van der Waals surface area contributed by atoms with Gasteiger partial charge in [0.2, 0.25) is 0 Å². The predicted molar refractivity (Wildman–Crippen MR) is 116 cm³/mol. The SMILES string of the molecule is CC(=O)c1ccc(NC(=O)C(C)OC(=O)c2nn(-c3ccc(F)cc3)c3c2CCC3)cc1. The number of anilines is 1. The van der Waals surface area contributed by atoms with Crippen molar-refractivity contribution in [2.75, 3.05) is 5.32 Å². The number of hydrogen-bond donors (Lipinski definition) is 1. The normalized spacial score (nSPS) is 13.3. The second kappa shape index (κ2) is 8.74. The number of fused-ring (bicyclic) bond motifs is 1. The molecule has 7 nitrogen and oxygen atoms in total. The number of halogens is 1. The summed E-state index contributed by atoms with van der Waals surface area (Å²) in [4.78, 5) is 36.7. The molecule has 1 atom stereocenters. The summed E-state index contributed by atoms with van der Waals surface area (Å²) in [6, 6.07) is 12.3. The number of esters is 1. The van der Waals surface area contributed by atoms with E-state index >= 15 is 0 Å². The number of ketones is 1. The van der Waals surface area contributed by atoms with E-state index in [1.54, 1.807) is 41.1 Å². The van der Waals surface area contributed by atoms with E-state index in [4.69, 9.17) is 4.74 Å². The third-order valence-corrected chi connectivity index (χ3v) is 5.41. The summed E-state index contributed by atoms with van der Waals surface area (Å²) < 4.78 is 20.3. The molecule has 0 fully saturated rings. The first-order valence-corrected chi connectivity index (χ1v) is 10.3. The topological polar surface area (TPSA) is 90.3 Å². The van der Waals surface area contributed by atoms with Crippen molar-refractivity contribution in [2.24, 2.45) is 0 Å². The quantitative estimate of drug-likeness (QED) is 0.469. The zero-order valence-electron chi connectivity index (χ0n) is 17.7. The maximum Gasteiger partial charge on any atom is 0.359 e. The molecule has 1 heterocycles. The van der Waals surface area contributed by atoms with Crippen LogP contribution in [0.4, 0.5) is 10.1 Å². The van der Waals surface area contributed by atoms with Crippen LogP contribution in [0, 0.1) is 5.82 Å². The van der Waals surface area contributed by atoms with Crippen molar-refractivity contribution in [3.63, 3.8) is 0 Å². The molecule has 3 aromatic rings. The molecule has 1 aromatic heterocycles. The lowest BCUT2D eigenvalue weighted by Crippen LogP contribution is -2.30. The van der Waals surface area contributed by atoms with Crippen molar-refractivity contribution in [1.82, 2.24) is 9.78 Å². The molecule has 0 aliphatic heterocycles. The maximum absolute atomic E-state index is 13.3. The highest BCUT2D eigenvalue weighted by Crippen LogP contribution is 2.28. The highest BCUT2D eigenvalue weighted by molar-refractivity contribution is 5.98. The molecule has 4 rings (SSSR count). The number of Topliss-reactive ketones (excluding diaryl/α,β-unsaturated/α-hetero) is 1. The number of carbonyl (C=O) groups is 3. The Balaban J connectivity index is 1.47. The van der Waals surface area contributed by atoms with E-state index in [0.717, 1.165) is 24.1 Å². The Morgan fingerprint density at radius 3 is 2.41 bits per heavy atom. The van der Waals surface area contributed by atoms with Crippen molar-refractivity contribution in [1.29, 1.82) is 0 Å². The Morgan fingerprint density at radius 1 is 1.06 bits per heavy atom. The molecule has 0 radical (unpaired) electrons. The first-order valence-electron chi connectivity index (χ1n) is 10.3. The van der Waals surface area contributed by atoms with Crippen LogP contribution in [0.1, 0.15) is 52.4 Å². The highest BCUT2D eigenvalue weighted by atomic mass is 19.1. The number of ether oxygens (including phenoxy) is 1. The summed E-state index contributed by atoms with van der Waals surface area (Å²) in [5.74, 6) is -1.60. The summed E-state index contributed by atoms with van der Waals surface area (Å²) in [6.45, 7) is 2.94. The minimum absolute atomic E-state index is 0.0715. The molecule has 1 N–H and O–H groups in total. The van der Waals surface area contributed by atoms with Gasteiger partial charge in [0.1, 0.15) is 5.82 Å². The first kappa shape index (κ1) is 21.4. The smallest absolute Gasteiger partial charge is 0.359 e. The van der Waals surface area contributed by atoms with E-state index in [2.05, 4.69) is 10.4 Å². The van der Waals surface area contributed by atoms with Crippen LogP contribution < -0.4 is 5.32 Å². The Kier molecular flexibility index (Phi) is 5.85. The largest absolute Gasteiger partial charge is 0.448 e. The summed E-state index contributed by atoms with van der Waals surface area (Å²) >= 11 is 0. The van der Waals surface area contributed by atoms with Crippen molar-refractivity contribution in [3.05, 3.63) is 76.9 Å². The number of benzene rings is 2. The van der Waals surface area contributed by atoms with Gasteiger partial charge < -0.3 is 10.1 Å². The zero-order valence-corrected chi connectivity index (χ0v) is 17.7. The van der Waals surface area contributed by atoms with Gasteiger partial charge in [-0.05, 0) is 81.6 Å². The Hall–Kier alpha value is -3.81. The van der Waals surface area contributed by atoms with Gasteiger partial charge in [-0.2, -0.15) is 5.10 Å². The molecule has 164 valence electrons. The molecule has 1 aliphatic carbocycles. The molecule has 1 unspecified atom stereocenters. The average molecular weight is 435 g/mol. The molecule has 2 aromatic carbocycles. The molecule has 8 heteroatoms. The van der Waals surface area contributed by atoms with Gasteiger partial charge in [0.05, 0.1) is 5.69 Å². The maximum atomic E-state index is 13.3. The summed E-state index contributed by atoms with van der Waals surface area (Å²) in [5, 5.41) is 7.08. The Bertz CT molecular complexity index is 1180. The predicted octanol–water partition coefficient (Wildman–Crippen LogP) is 3.89. The molecule has 0 spiro atoms. The molecular formula is C24H22FN3O4. The minimum Gasteiger partial charge on any atom is -0.448 e. The zero-order chi connectivity index (χ0) is 22.8. The fourth-order valence-corrected chi connectivity index (χ4v) is 3.70. The Morgan fingerprint density at radius 2 is 1.75 bits per heavy atom. The highest BCUT2D eigenvalue weighted by Gasteiger charge is 2.30. The van der Waals surface area contributed by atoms with Crippen molar-refractivity contribution < 1.29 is 23.5 Å². The molecular weight excluding hydrogens is 413 g/mol. The van der Waals surface area contributed by atoms with E-state index < -0.39 is 18.0 Å². The van der Waals surface area contributed by atoms with Gasteiger partial charge in [-0.1, -0.05) is 0 Å². The van der Waals surface area contributed by atoms with Gasteiger partial charge in [-0.25, -0.2) is 13.9 Å². The minimum atomic E-state index is -1.05. The third-order valence-electron chi connectivity index (χ3n) is 5.41. The van der Waals surface area contributed by atoms with Crippen LogP contribution in [0.15, 0.2) is 48.5 Å². The van der Waals surface area contributed by atoms with Gasteiger partial charge in [0.15, 0.2) is 17.6 Å². The third kappa shape index (κ3) is 4.30. The van der Waals surface area contributed by atoms with Crippen LogP contribution >= 0.6 is 0 Å². The second-order valence-corrected chi connectivity index (χ2v) is 7.69. The number of carbonyl (C=O) groups excluding carboxylic acids is 3. The number of nitrogens with one attached hydrogen (secondary N) is 1. The van der Waals surface area contributed by atoms with Crippen LogP contribution in [0.25, 0.3) is 5.69 Å². The molecule has 0 bridgehead atoms.